The molecule has 2 saturated carbocycles. The molecule has 0 aromatic heterocycles. The molecule has 1 aromatic rings. The Morgan fingerprint density at radius 1 is 1.06 bits per heavy atom. The molecule has 0 spiro atoms. The van der Waals surface area contributed by atoms with Crippen LogP contribution >= 0.6 is 0 Å². The number of carbonyl (C=O) groups excluding carboxylic acids is 2. The maximum atomic E-state index is 12.8. The maximum Gasteiger partial charge on any atom is 0.342 e. The number of aromatic hydroxyl groups is 1. The van der Waals surface area contributed by atoms with Crippen molar-refractivity contribution in [1.29, 1.82) is 0 Å². The van der Waals surface area contributed by atoms with E-state index in [4.69, 9.17) is 14.2 Å². The van der Waals surface area contributed by atoms with Gasteiger partial charge in [-0.25, -0.2) is 4.79 Å². The standard InChI is InChI=1S/C27H36O9/c1-11-23(35-12(2)28)21-13-7-17-26(5)16(25(3,4)18(30)10-19(26)31)9-20(32)27(17,6)36-15(13)8-14(29)22(21)24(33)34-11/h8,11,16-20,23,29-32H,7,9-10H2,1-6H3/t11-,16+,17+,18+,19+,20+,23+,26+,27-/m1/s1. The normalized spacial score (nSPS) is 42.6. The molecule has 9 nitrogen and oxygen atoms in total. The van der Waals surface area contributed by atoms with Gasteiger partial charge in [0.05, 0.1) is 18.3 Å². The van der Waals surface area contributed by atoms with Gasteiger partial charge in [-0.3, -0.25) is 4.79 Å². The Morgan fingerprint density at radius 2 is 1.72 bits per heavy atom. The Bertz CT molecular complexity index is 1130. The number of phenols is 1. The highest BCUT2D eigenvalue weighted by Gasteiger charge is 2.68. The van der Waals surface area contributed by atoms with Crippen molar-refractivity contribution in [3.63, 3.8) is 0 Å². The van der Waals surface area contributed by atoms with Crippen molar-refractivity contribution in [1.82, 2.24) is 0 Å². The number of ether oxygens (including phenoxy) is 3. The van der Waals surface area contributed by atoms with Crippen LogP contribution in [0.4, 0.5) is 0 Å². The van der Waals surface area contributed by atoms with Crippen LogP contribution in [-0.4, -0.2) is 62.4 Å². The molecule has 0 radical (unpaired) electrons. The first-order chi connectivity index (χ1) is 16.6. The third-order valence-electron chi connectivity index (χ3n) is 9.89. The summed E-state index contributed by atoms with van der Waals surface area (Å²) in [6.07, 6.45) is -3.39. The second kappa shape index (κ2) is 7.82. The van der Waals surface area contributed by atoms with E-state index < -0.39 is 64.8 Å². The van der Waals surface area contributed by atoms with Gasteiger partial charge in [-0.2, -0.15) is 0 Å². The quantitative estimate of drug-likeness (QED) is 0.424. The molecule has 0 saturated heterocycles. The number of carbonyl (C=O) groups is 2. The summed E-state index contributed by atoms with van der Waals surface area (Å²) in [4.78, 5) is 24.8. The van der Waals surface area contributed by atoms with Crippen molar-refractivity contribution in [3.8, 4) is 11.5 Å². The smallest absolute Gasteiger partial charge is 0.342 e. The van der Waals surface area contributed by atoms with E-state index in [2.05, 4.69) is 0 Å². The van der Waals surface area contributed by atoms with Crippen molar-refractivity contribution < 1.29 is 44.2 Å². The average molecular weight is 505 g/mol. The zero-order chi connectivity index (χ0) is 26.5. The van der Waals surface area contributed by atoms with E-state index in [9.17, 15) is 30.0 Å². The van der Waals surface area contributed by atoms with Crippen LogP contribution in [0.5, 0.6) is 11.5 Å². The van der Waals surface area contributed by atoms with E-state index in [0.29, 0.717) is 29.7 Å². The SMILES string of the molecule is CC(=O)O[C@@H]1c2c3c(cc(O)c2C(=O)O[C@@H]1C)O[C@]1(C)[C@@H](C3)[C@@]2(C)[C@@H](O)C[C@H](O)C(C)(C)[C@@H]2C[C@@H]1O. The molecule has 198 valence electrons. The second-order valence-electron chi connectivity index (χ2n) is 12.1. The first kappa shape index (κ1) is 25.3. The average Bonchev–Trinajstić information content (AvgIpc) is 2.76. The molecule has 9 heteroatoms. The van der Waals surface area contributed by atoms with Gasteiger partial charge in [0.1, 0.15) is 28.8 Å². The molecule has 2 heterocycles. The lowest BCUT2D eigenvalue weighted by Gasteiger charge is -2.66. The Hall–Kier alpha value is -2.36. The van der Waals surface area contributed by atoms with Crippen molar-refractivity contribution in [2.75, 3.05) is 0 Å². The number of fused-ring (bicyclic) bond motifs is 6. The molecular weight excluding hydrogens is 468 g/mol. The topological polar surface area (TPSA) is 143 Å². The van der Waals surface area contributed by atoms with Crippen molar-refractivity contribution in [2.45, 2.75) is 96.9 Å². The molecule has 0 unspecified atom stereocenters. The Kier molecular flexibility index (Phi) is 5.50. The van der Waals surface area contributed by atoms with E-state index in [-0.39, 0.29) is 23.7 Å². The first-order valence-electron chi connectivity index (χ1n) is 12.6. The van der Waals surface area contributed by atoms with Crippen molar-refractivity contribution in [3.05, 3.63) is 22.8 Å². The summed E-state index contributed by atoms with van der Waals surface area (Å²) >= 11 is 0. The van der Waals surface area contributed by atoms with Gasteiger partial charge < -0.3 is 34.6 Å². The summed E-state index contributed by atoms with van der Waals surface area (Å²) in [5.74, 6) is -1.96. The number of hydrogen-bond donors (Lipinski definition) is 4. The molecule has 0 bridgehead atoms. The summed E-state index contributed by atoms with van der Waals surface area (Å²) in [6, 6.07) is 1.35. The number of benzene rings is 1. The predicted molar refractivity (Wildman–Crippen MR) is 126 cm³/mol. The number of aliphatic hydroxyl groups is 3. The zero-order valence-electron chi connectivity index (χ0n) is 21.6. The number of hydrogen-bond acceptors (Lipinski definition) is 9. The van der Waals surface area contributed by atoms with Gasteiger partial charge in [-0.1, -0.05) is 20.8 Å². The molecule has 4 aliphatic rings. The molecule has 2 fully saturated rings. The molecule has 2 aliphatic heterocycles. The first-order valence-corrected chi connectivity index (χ1v) is 12.6. The largest absolute Gasteiger partial charge is 0.507 e. The summed E-state index contributed by atoms with van der Waals surface area (Å²) in [5.41, 5.74) is -1.54. The molecule has 0 amide bonds. The van der Waals surface area contributed by atoms with Crippen LogP contribution in [0.1, 0.15) is 82.0 Å². The van der Waals surface area contributed by atoms with E-state index in [1.807, 2.05) is 27.7 Å². The van der Waals surface area contributed by atoms with Crippen LogP contribution < -0.4 is 4.74 Å². The Morgan fingerprint density at radius 3 is 2.36 bits per heavy atom. The third-order valence-corrected chi connectivity index (χ3v) is 9.89. The lowest BCUT2D eigenvalue weighted by molar-refractivity contribution is -0.264. The molecule has 4 N–H and O–H groups in total. The van der Waals surface area contributed by atoms with Gasteiger partial charge in [0.15, 0.2) is 6.10 Å². The second-order valence-corrected chi connectivity index (χ2v) is 12.1. The number of phenolic OH excluding ortho intramolecular Hbond substituents is 1. The van der Waals surface area contributed by atoms with Gasteiger partial charge in [0.25, 0.3) is 0 Å². The molecule has 9 atom stereocenters. The van der Waals surface area contributed by atoms with Gasteiger partial charge >= 0.3 is 11.9 Å². The van der Waals surface area contributed by atoms with E-state index >= 15 is 0 Å². The lowest BCUT2D eigenvalue weighted by Crippen LogP contribution is -2.72. The zero-order valence-corrected chi connectivity index (χ0v) is 21.6. The van der Waals surface area contributed by atoms with Gasteiger partial charge in [0.2, 0.25) is 0 Å². The fourth-order valence-corrected chi connectivity index (χ4v) is 7.77. The van der Waals surface area contributed by atoms with Crippen LogP contribution in [0.2, 0.25) is 0 Å². The highest BCUT2D eigenvalue weighted by Crippen LogP contribution is 2.65. The lowest BCUT2D eigenvalue weighted by atomic mass is 9.42. The molecule has 36 heavy (non-hydrogen) atoms. The number of esters is 2. The monoisotopic (exact) mass is 504 g/mol. The fraction of sp³-hybridized carbons (Fsp3) is 0.704. The molecule has 5 rings (SSSR count). The predicted octanol–water partition coefficient (Wildman–Crippen LogP) is 2.40. The molecular formula is C27H36O9. The van der Waals surface area contributed by atoms with E-state index in [1.54, 1.807) is 6.92 Å². The summed E-state index contributed by atoms with van der Waals surface area (Å²) in [5, 5.41) is 44.4. The highest BCUT2D eigenvalue weighted by molar-refractivity contribution is 5.96. The minimum absolute atomic E-state index is 0.0664. The Balaban J connectivity index is 1.71. The summed E-state index contributed by atoms with van der Waals surface area (Å²) in [7, 11) is 0. The van der Waals surface area contributed by atoms with E-state index in [0.717, 1.165) is 0 Å². The Labute approximate surface area is 210 Å². The third kappa shape index (κ3) is 3.18. The van der Waals surface area contributed by atoms with Gasteiger partial charge in [0, 0.05) is 41.9 Å². The minimum Gasteiger partial charge on any atom is -0.507 e. The summed E-state index contributed by atoms with van der Waals surface area (Å²) in [6.45, 7) is 10.6. The van der Waals surface area contributed by atoms with Crippen LogP contribution in [0.25, 0.3) is 0 Å². The minimum atomic E-state index is -1.10. The van der Waals surface area contributed by atoms with Crippen molar-refractivity contribution >= 4 is 11.9 Å². The number of aliphatic hydroxyl groups excluding tert-OH is 3. The molecule has 2 aliphatic carbocycles. The van der Waals surface area contributed by atoms with Crippen LogP contribution in [0, 0.1) is 22.7 Å². The van der Waals surface area contributed by atoms with Crippen LogP contribution in [-0.2, 0) is 20.7 Å². The highest BCUT2D eigenvalue weighted by atomic mass is 16.6. The van der Waals surface area contributed by atoms with Crippen LogP contribution in [0.15, 0.2) is 6.07 Å². The van der Waals surface area contributed by atoms with Gasteiger partial charge in [-0.15, -0.1) is 0 Å². The fourth-order valence-electron chi connectivity index (χ4n) is 7.77. The van der Waals surface area contributed by atoms with E-state index in [1.165, 1.54) is 13.0 Å². The molecule has 1 aromatic carbocycles. The van der Waals surface area contributed by atoms with Crippen LogP contribution in [0.3, 0.4) is 0 Å². The van der Waals surface area contributed by atoms with Crippen molar-refractivity contribution in [2.24, 2.45) is 22.7 Å². The van der Waals surface area contributed by atoms with Gasteiger partial charge in [-0.05, 0) is 38.0 Å². The number of cyclic esters (lactones) is 1. The maximum absolute atomic E-state index is 12.8. The number of rotatable bonds is 1. The summed E-state index contributed by atoms with van der Waals surface area (Å²) < 4.78 is 17.4.